The van der Waals surface area contributed by atoms with Crippen molar-refractivity contribution in [3.05, 3.63) is 60.9 Å². The second kappa shape index (κ2) is 7.68. The minimum atomic E-state index is 0.541. The number of aromatic nitrogens is 3. The van der Waals surface area contributed by atoms with Crippen LogP contribution in [0.1, 0.15) is 0 Å². The third kappa shape index (κ3) is 3.55. The molecule has 1 aliphatic heterocycles. The number of nitrogen functional groups attached to an aromatic ring is 1. The normalized spacial score (nSPS) is 14.2. The fraction of sp³-hybridized carbons (Fsp3) is 0.217. The van der Waals surface area contributed by atoms with Crippen molar-refractivity contribution < 1.29 is 4.74 Å². The molecule has 0 radical (unpaired) electrons. The molecule has 7 heteroatoms. The van der Waals surface area contributed by atoms with Gasteiger partial charge in [-0.2, -0.15) is 0 Å². The van der Waals surface area contributed by atoms with E-state index >= 15 is 0 Å². The van der Waals surface area contributed by atoms with E-state index in [1.807, 2.05) is 37.4 Å². The highest BCUT2D eigenvalue weighted by Crippen LogP contribution is 2.30. The summed E-state index contributed by atoms with van der Waals surface area (Å²) in [5.74, 6) is 0.541. The van der Waals surface area contributed by atoms with Crippen LogP contribution in [-0.2, 0) is 11.8 Å². The summed E-state index contributed by atoms with van der Waals surface area (Å²) < 4.78 is 7.57. The smallest absolute Gasteiger partial charge is 0.227 e. The van der Waals surface area contributed by atoms with Crippen LogP contribution in [0.4, 0.5) is 23.0 Å². The van der Waals surface area contributed by atoms with Crippen LogP contribution in [0.3, 0.4) is 0 Å². The molecular weight excluding hydrogens is 376 g/mol. The van der Waals surface area contributed by atoms with Crippen molar-refractivity contribution in [3.63, 3.8) is 0 Å². The van der Waals surface area contributed by atoms with E-state index in [0.717, 1.165) is 48.9 Å². The predicted molar refractivity (Wildman–Crippen MR) is 121 cm³/mol. The van der Waals surface area contributed by atoms with E-state index in [2.05, 4.69) is 44.2 Å². The minimum Gasteiger partial charge on any atom is -0.399 e. The van der Waals surface area contributed by atoms with Gasteiger partial charge in [0.15, 0.2) is 0 Å². The number of morpholine rings is 1. The van der Waals surface area contributed by atoms with E-state index in [-0.39, 0.29) is 0 Å². The van der Waals surface area contributed by atoms with Crippen LogP contribution in [-0.4, -0.2) is 40.8 Å². The van der Waals surface area contributed by atoms with Gasteiger partial charge >= 0.3 is 0 Å². The molecule has 7 nitrogen and oxygen atoms in total. The summed E-state index contributed by atoms with van der Waals surface area (Å²) in [4.78, 5) is 11.5. The van der Waals surface area contributed by atoms with Crippen molar-refractivity contribution in [2.45, 2.75) is 0 Å². The lowest BCUT2D eigenvalue weighted by atomic mass is 10.1. The Kier molecular flexibility index (Phi) is 4.72. The van der Waals surface area contributed by atoms with Crippen LogP contribution in [0.5, 0.6) is 0 Å². The Bertz CT molecular complexity index is 1200. The molecule has 5 rings (SSSR count). The SMILES string of the molecule is Cn1cc(-c2ccnc(Nc3cc(N)cc(N4CCOCC4)c3)n2)c2ccccc21. The molecule has 0 atom stereocenters. The second-order valence-corrected chi connectivity index (χ2v) is 7.47. The number of benzene rings is 2. The number of nitrogens with one attached hydrogen (secondary N) is 1. The zero-order valence-electron chi connectivity index (χ0n) is 16.9. The minimum absolute atomic E-state index is 0.541. The van der Waals surface area contributed by atoms with Gasteiger partial charge in [0, 0.05) is 66.1 Å². The first-order valence-electron chi connectivity index (χ1n) is 10.1. The van der Waals surface area contributed by atoms with Gasteiger partial charge in [0.25, 0.3) is 0 Å². The lowest BCUT2D eigenvalue weighted by molar-refractivity contribution is 0.122. The quantitative estimate of drug-likeness (QED) is 0.507. The molecule has 0 amide bonds. The molecule has 0 saturated carbocycles. The number of nitrogens with zero attached hydrogens (tertiary/aromatic N) is 4. The number of fused-ring (bicyclic) bond motifs is 1. The van der Waals surface area contributed by atoms with E-state index < -0.39 is 0 Å². The van der Waals surface area contributed by atoms with Gasteiger partial charge in [0.1, 0.15) is 0 Å². The predicted octanol–water partition coefficient (Wildman–Crippen LogP) is 3.80. The molecule has 0 bridgehead atoms. The van der Waals surface area contributed by atoms with Crippen LogP contribution < -0.4 is 16.0 Å². The number of para-hydroxylation sites is 1. The number of nitrogens with two attached hydrogens (primary N) is 1. The largest absolute Gasteiger partial charge is 0.399 e. The molecule has 1 saturated heterocycles. The fourth-order valence-corrected chi connectivity index (χ4v) is 3.95. The van der Waals surface area contributed by atoms with Crippen molar-refractivity contribution in [2.24, 2.45) is 7.05 Å². The first kappa shape index (κ1) is 18.4. The summed E-state index contributed by atoms with van der Waals surface area (Å²) in [6.07, 6.45) is 3.88. The molecule has 1 fully saturated rings. The molecule has 1 aliphatic rings. The van der Waals surface area contributed by atoms with Gasteiger partial charge in [-0.15, -0.1) is 0 Å². The summed E-state index contributed by atoms with van der Waals surface area (Å²) in [7, 11) is 2.05. The number of anilines is 4. The van der Waals surface area contributed by atoms with Crippen molar-refractivity contribution in [1.29, 1.82) is 0 Å². The first-order valence-corrected chi connectivity index (χ1v) is 10.1. The second-order valence-electron chi connectivity index (χ2n) is 7.47. The van der Waals surface area contributed by atoms with Gasteiger partial charge < -0.3 is 25.3 Å². The van der Waals surface area contributed by atoms with Crippen LogP contribution in [0, 0.1) is 0 Å². The maximum Gasteiger partial charge on any atom is 0.227 e. The van der Waals surface area contributed by atoms with E-state index in [1.165, 1.54) is 10.9 Å². The van der Waals surface area contributed by atoms with Gasteiger partial charge in [0.05, 0.1) is 18.9 Å². The fourth-order valence-electron chi connectivity index (χ4n) is 3.95. The summed E-state index contributed by atoms with van der Waals surface area (Å²) >= 11 is 0. The van der Waals surface area contributed by atoms with E-state index in [9.17, 15) is 0 Å². The van der Waals surface area contributed by atoms with E-state index in [4.69, 9.17) is 15.5 Å². The maximum atomic E-state index is 6.16. The molecule has 152 valence electrons. The average Bonchev–Trinajstić information content (AvgIpc) is 3.11. The Morgan fingerprint density at radius 3 is 2.77 bits per heavy atom. The third-order valence-electron chi connectivity index (χ3n) is 5.40. The standard InChI is InChI=1S/C23H24N6O/c1-28-15-20(19-4-2-3-5-22(19)28)21-6-7-25-23(27-21)26-17-12-16(24)13-18(14-17)29-8-10-30-11-9-29/h2-7,12-15H,8-11,24H2,1H3,(H,25,26,27). The van der Waals surface area contributed by atoms with Crippen LogP contribution in [0.15, 0.2) is 60.9 Å². The maximum absolute atomic E-state index is 6.16. The van der Waals surface area contributed by atoms with Gasteiger partial charge in [-0.25, -0.2) is 9.97 Å². The summed E-state index contributed by atoms with van der Waals surface area (Å²) in [5, 5.41) is 4.49. The molecule has 0 aliphatic carbocycles. The zero-order valence-corrected chi connectivity index (χ0v) is 16.9. The molecule has 4 aromatic rings. The van der Waals surface area contributed by atoms with E-state index in [1.54, 1.807) is 6.20 Å². The average molecular weight is 400 g/mol. The van der Waals surface area contributed by atoms with Crippen LogP contribution in [0.25, 0.3) is 22.2 Å². The van der Waals surface area contributed by atoms with Crippen molar-refractivity contribution in [3.8, 4) is 11.3 Å². The molecule has 0 unspecified atom stereocenters. The Hall–Kier alpha value is -3.58. The van der Waals surface area contributed by atoms with Crippen molar-refractivity contribution in [2.75, 3.05) is 42.3 Å². The summed E-state index contributed by atoms with van der Waals surface area (Å²) in [6.45, 7) is 3.17. The molecular formula is C23H24N6O. The molecule has 2 aromatic carbocycles. The lowest BCUT2D eigenvalue weighted by Gasteiger charge is -2.29. The number of hydrogen-bond donors (Lipinski definition) is 2. The Morgan fingerprint density at radius 1 is 1.07 bits per heavy atom. The van der Waals surface area contributed by atoms with Gasteiger partial charge in [-0.3, -0.25) is 0 Å². The van der Waals surface area contributed by atoms with E-state index in [0.29, 0.717) is 11.6 Å². The Morgan fingerprint density at radius 2 is 1.90 bits per heavy atom. The van der Waals surface area contributed by atoms with Crippen molar-refractivity contribution in [1.82, 2.24) is 14.5 Å². The Balaban J connectivity index is 1.46. The molecule has 3 heterocycles. The van der Waals surface area contributed by atoms with Crippen molar-refractivity contribution >= 4 is 33.9 Å². The summed E-state index contributed by atoms with van der Waals surface area (Å²) in [6, 6.07) is 16.2. The number of aryl methyl sites for hydroxylation is 1. The molecule has 2 aromatic heterocycles. The highest BCUT2D eigenvalue weighted by atomic mass is 16.5. The number of hydrogen-bond acceptors (Lipinski definition) is 6. The van der Waals surface area contributed by atoms with Gasteiger partial charge in [-0.1, -0.05) is 18.2 Å². The van der Waals surface area contributed by atoms with Crippen LogP contribution >= 0.6 is 0 Å². The molecule has 3 N–H and O–H groups in total. The highest BCUT2D eigenvalue weighted by Gasteiger charge is 2.14. The number of rotatable bonds is 4. The highest BCUT2D eigenvalue weighted by molar-refractivity contribution is 5.95. The topological polar surface area (TPSA) is 81.2 Å². The zero-order chi connectivity index (χ0) is 20.5. The molecule has 0 spiro atoms. The van der Waals surface area contributed by atoms with Gasteiger partial charge in [0.2, 0.25) is 5.95 Å². The monoisotopic (exact) mass is 400 g/mol. The molecule has 30 heavy (non-hydrogen) atoms. The Labute approximate surface area is 175 Å². The lowest BCUT2D eigenvalue weighted by Crippen LogP contribution is -2.36. The first-order chi connectivity index (χ1) is 14.7. The van der Waals surface area contributed by atoms with Crippen LogP contribution in [0.2, 0.25) is 0 Å². The summed E-state index contributed by atoms with van der Waals surface area (Å²) in [5.41, 5.74) is 11.9. The third-order valence-corrected chi connectivity index (χ3v) is 5.40. The number of ether oxygens (including phenoxy) is 1. The van der Waals surface area contributed by atoms with Gasteiger partial charge in [-0.05, 0) is 30.3 Å².